The van der Waals surface area contributed by atoms with Crippen LogP contribution in [0.3, 0.4) is 0 Å². The Morgan fingerprint density at radius 3 is 2.62 bits per heavy atom. The predicted molar refractivity (Wildman–Crippen MR) is 102 cm³/mol. The number of halogens is 2. The second kappa shape index (κ2) is 7.44. The van der Waals surface area contributed by atoms with Crippen LogP contribution in [0.1, 0.15) is 36.2 Å². The molecule has 1 amide bonds. The molecule has 1 aromatic carbocycles. The molecule has 1 aliphatic carbocycles. The fourth-order valence-electron chi connectivity index (χ4n) is 3.39. The van der Waals surface area contributed by atoms with Crippen molar-refractivity contribution in [1.82, 2.24) is 10.3 Å². The van der Waals surface area contributed by atoms with E-state index in [9.17, 15) is 4.79 Å². The molecule has 2 heterocycles. The van der Waals surface area contributed by atoms with Gasteiger partial charge in [0.05, 0.1) is 23.3 Å². The monoisotopic (exact) mass is 412 g/mol. The Kier molecular flexibility index (Phi) is 5.21. The minimum Gasteiger partial charge on any atom is -0.348 e. The summed E-state index contributed by atoms with van der Waals surface area (Å²) in [5.74, 6) is -0.565. The molecule has 0 atom stereocenters. The summed E-state index contributed by atoms with van der Waals surface area (Å²) in [6, 6.07) is 5.45. The van der Waals surface area contributed by atoms with Gasteiger partial charge < -0.3 is 14.8 Å². The van der Waals surface area contributed by atoms with E-state index in [2.05, 4.69) is 10.3 Å². The average Bonchev–Trinajstić information content (AvgIpc) is 3.30. The molecular weight excluding hydrogens is 395 g/mol. The summed E-state index contributed by atoms with van der Waals surface area (Å²) in [5, 5.41) is 6.54. The maximum atomic E-state index is 12.5. The van der Waals surface area contributed by atoms with E-state index in [0.29, 0.717) is 29.0 Å². The lowest BCUT2D eigenvalue weighted by atomic mass is 9.90. The predicted octanol–water partition coefficient (Wildman–Crippen LogP) is 4.53. The third kappa shape index (κ3) is 3.75. The molecule has 0 radical (unpaired) electrons. The molecule has 8 heteroatoms. The van der Waals surface area contributed by atoms with Crippen LogP contribution in [-0.4, -0.2) is 35.9 Å². The average molecular weight is 413 g/mol. The fraction of sp³-hybridized carbons (Fsp3) is 0.444. The van der Waals surface area contributed by atoms with Gasteiger partial charge in [-0.25, -0.2) is 4.98 Å². The highest BCUT2D eigenvalue weighted by atomic mass is 35.5. The summed E-state index contributed by atoms with van der Waals surface area (Å²) in [4.78, 5) is 17.0. The summed E-state index contributed by atoms with van der Waals surface area (Å²) in [6.07, 6.45) is 3.30. The number of aromatic nitrogens is 1. The van der Waals surface area contributed by atoms with Crippen LogP contribution >= 0.6 is 34.5 Å². The number of hydrogen-bond donors (Lipinski definition) is 1. The van der Waals surface area contributed by atoms with Gasteiger partial charge in [-0.1, -0.05) is 29.3 Å². The number of rotatable bonds is 3. The van der Waals surface area contributed by atoms with Crippen molar-refractivity contribution in [3.63, 3.8) is 0 Å². The Morgan fingerprint density at radius 1 is 1.19 bits per heavy atom. The zero-order chi connectivity index (χ0) is 18.1. The number of nitrogens with one attached hydrogen (secondary N) is 1. The second-order valence-corrected chi connectivity index (χ2v) is 8.19. The summed E-state index contributed by atoms with van der Waals surface area (Å²) in [6.45, 7) is 1.32. The minimum atomic E-state index is -0.414. The lowest BCUT2D eigenvalue weighted by Gasteiger charge is -2.35. The van der Waals surface area contributed by atoms with Crippen LogP contribution < -0.4 is 5.32 Å². The van der Waals surface area contributed by atoms with E-state index >= 15 is 0 Å². The number of benzene rings is 1. The number of hydrogen-bond acceptors (Lipinski definition) is 5. The molecule has 1 saturated heterocycles. The quantitative estimate of drug-likeness (QED) is 0.803. The number of amides is 1. The molecule has 2 fully saturated rings. The molecule has 1 aliphatic heterocycles. The van der Waals surface area contributed by atoms with Gasteiger partial charge in [0, 0.05) is 29.8 Å². The van der Waals surface area contributed by atoms with Gasteiger partial charge in [0.25, 0.3) is 5.91 Å². The first-order valence-electron chi connectivity index (χ1n) is 8.54. The molecule has 1 spiro atoms. The number of carbonyl (C=O) groups excluding carboxylic acids is 1. The molecule has 4 rings (SSSR count). The van der Waals surface area contributed by atoms with E-state index in [1.54, 1.807) is 17.5 Å². The van der Waals surface area contributed by atoms with E-state index in [0.717, 1.165) is 36.3 Å². The van der Waals surface area contributed by atoms with Crippen molar-refractivity contribution in [2.75, 3.05) is 13.2 Å². The van der Waals surface area contributed by atoms with E-state index < -0.39 is 5.79 Å². The molecule has 2 aliphatic rings. The highest BCUT2D eigenvalue weighted by molar-refractivity contribution is 7.13. The Bertz CT molecular complexity index is 811. The van der Waals surface area contributed by atoms with Crippen LogP contribution in [0.4, 0.5) is 0 Å². The van der Waals surface area contributed by atoms with Gasteiger partial charge in [-0.2, -0.15) is 0 Å². The van der Waals surface area contributed by atoms with Crippen LogP contribution in [0.5, 0.6) is 0 Å². The molecule has 1 saturated carbocycles. The van der Waals surface area contributed by atoms with Gasteiger partial charge in [-0.05, 0) is 25.0 Å². The van der Waals surface area contributed by atoms with Gasteiger partial charge in [0.2, 0.25) is 0 Å². The molecule has 2 aromatic rings. The molecule has 5 nitrogen and oxygen atoms in total. The van der Waals surface area contributed by atoms with Crippen molar-refractivity contribution < 1.29 is 14.3 Å². The van der Waals surface area contributed by atoms with Crippen LogP contribution in [0.25, 0.3) is 10.6 Å². The standard InChI is InChI=1S/C18H18Cl2N2O3S/c19-13-2-1-11(9-14(13)20)17-22-15(10-26-17)16(23)21-12-3-5-18(6-4-12)24-7-8-25-18/h1-2,9-10,12H,3-8H2,(H,21,23). The number of carbonyl (C=O) groups is 1. The number of thiazole rings is 1. The first-order valence-corrected chi connectivity index (χ1v) is 10.2. The van der Waals surface area contributed by atoms with Crippen LogP contribution in [0.2, 0.25) is 10.0 Å². The zero-order valence-corrected chi connectivity index (χ0v) is 16.3. The number of ether oxygens (including phenoxy) is 2. The molecule has 0 unspecified atom stereocenters. The van der Waals surface area contributed by atoms with Gasteiger partial charge in [0.15, 0.2) is 5.79 Å². The second-order valence-electron chi connectivity index (χ2n) is 6.52. The number of nitrogens with zero attached hydrogens (tertiary/aromatic N) is 1. The Labute approximate surface area is 165 Å². The van der Waals surface area contributed by atoms with Crippen LogP contribution in [0.15, 0.2) is 23.6 Å². The van der Waals surface area contributed by atoms with Crippen molar-refractivity contribution in [2.45, 2.75) is 37.5 Å². The molecule has 1 N–H and O–H groups in total. The van der Waals surface area contributed by atoms with Crippen molar-refractivity contribution in [2.24, 2.45) is 0 Å². The summed E-state index contributed by atoms with van der Waals surface area (Å²) in [7, 11) is 0. The van der Waals surface area contributed by atoms with Gasteiger partial charge in [0.1, 0.15) is 10.7 Å². The lowest BCUT2D eigenvalue weighted by molar-refractivity contribution is -0.179. The highest BCUT2D eigenvalue weighted by Crippen LogP contribution is 2.36. The Morgan fingerprint density at radius 2 is 1.92 bits per heavy atom. The van der Waals surface area contributed by atoms with Crippen LogP contribution in [-0.2, 0) is 9.47 Å². The van der Waals surface area contributed by atoms with Gasteiger partial charge in [-0.3, -0.25) is 4.79 Å². The van der Waals surface area contributed by atoms with Gasteiger partial charge in [-0.15, -0.1) is 11.3 Å². The summed E-state index contributed by atoms with van der Waals surface area (Å²) >= 11 is 13.4. The maximum absolute atomic E-state index is 12.5. The van der Waals surface area contributed by atoms with Crippen molar-refractivity contribution in [3.05, 3.63) is 39.3 Å². The minimum absolute atomic E-state index is 0.121. The van der Waals surface area contributed by atoms with E-state index in [1.165, 1.54) is 11.3 Å². The molecular formula is C18H18Cl2N2O3S. The topological polar surface area (TPSA) is 60.5 Å². The third-order valence-corrected chi connectivity index (χ3v) is 6.43. The van der Waals surface area contributed by atoms with E-state index in [-0.39, 0.29) is 11.9 Å². The SMILES string of the molecule is O=C(NC1CCC2(CC1)OCCO2)c1csc(-c2ccc(Cl)c(Cl)c2)n1. The summed E-state index contributed by atoms with van der Waals surface area (Å²) < 4.78 is 11.4. The molecule has 138 valence electrons. The first kappa shape index (κ1) is 18.2. The Hall–Kier alpha value is -1.18. The highest BCUT2D eigenvalue weighted by Gasteiger charge is 2.40. The van der Waals surface area contributed by atoms with Gasteiger partial charge >= 0.3 is 0 Å². The summed E-state index contributed by atoms with van der Waals surface area (Å²) in [5.41, 5.74) is 1.27. The molecule has 26 heavy (non-hydrogen) atoms. The zero-order valence-electron chi connectivity index (χ0n) is 14.0. The van der Waals surface area contributed by atoms with Crippen molar-refractivity contribution in [3.8, 4) is 10.6 Å². The maximum Gasteiger partial charge on any atom is 0.270 e. The smallest absolute Gasteiger partial charge is 0.270 e. The third-order valence-electron chi connectivity index (χ3n) is 4.80. The largest absolute Gasteiger partial charge is 0.348 e. The Balaban J connectivity index is 1.38. The van der Waals surface area contributed by atoms with Crippen molar-refractivity contribution in [1.29, 1.82) is 0 Å². The first-order chi connectivity index (χ1) is 12.5. The lowest BCUT2D eigenvalue weighted by Crippen LogP contribution is -2.44. The molecule has 0 bridgehead atoms. The van der Waals surface area contributed by atoms with E-state index in [1.807, 2.05) is 6.07 Å². The fourth-order valence-corrected chi connectivity index (χ4v) is 4.48. The normalized spacial score (nSPS) is 19.8. The molecule has 1 aromatic heterocycles. The van der Waals surface area contributed by atoms with Crippen LogP contribution in [0, 0.1) is 0 Å². The van der Waals surface area contributed by atoms with Crippen molar-refractivity contribution >= 4 is 40.4 Å². The van der Waals surface area contributed by atoms with E-state index in [4.69, 9.17) is 32.7 Å².